The smallest absolute Gasteiger partial charge is 0.431 e. The summed E-state index contributed by atoms with van der Waals surface area (Å²) >= 11 is 6.25. The maximum Gasteiger partial charge on any atom is 0.431 e. The number of hydrogen-bond donors (Lipinski definition) is 1. The molecule has 4 aliphatic rings. The second-order valence-corrected chi connectivity index (χ2v) is 11.2. The van der Waals surface area contributed by atoms with Gasteiger partial charge in [-0.15, -0.1) is 0 Å². The first kappa shape index (κ1) is 24.0. The molecule has 1 unspecified atom stereocenters. The van der Waals surface area contributed by atoms with Crippen molar-refractivity contribution in [1.29, 1.82) is 5.26 Å². The van der Waals surface area contributed by atoms with Gasteiger partial charge in [0.15, 0.2) is 17.9 Å². The number of likely N-dealkylation sites (tertiary alicyclic amines) is 1. The molecule has 5 rings (SSSR count). The van der Waals surface area contributed by atoms with Crippen LogP contribution in [0.2, 0.25) is 5.02 Å². The molecule has 4 heterocycles. The highest BCUT2D eigenvalue weighted by Crippen LogP contribution is 2.38. The van der Waals surface area contributed by atoms with Crippen molar-refractivity contribution in [3.8, 4) is 6.07 Å². The van der Waals surface area contributed by atoms with E-state index in [1.54, 1.807) is 11.8 Å². The Labute approximate surface area is 210 Å². The van der Waals surface area contributed by atoms with Gasteiger partial charge in [0.05, 0.1) is 16.9 Å². The van der Waals surface area contributed by atoms with Gasteiger partial charge in [-0.1, -0.05) is 38.8 Å². The van der Waals surface area contributed by atoms with Gasteiger partial charge in [-0.3, -0.25) is 9.69 Å². The Morgan fingerprint density at radius 2 is 2.06 bits per heavy atom. The number of anilines is 1. The average molecular weight is 501 g/mol. The lowest BCUT2D eigenvalue weighted by Gasteiger charge is -2.38. The molecule has 186 valence electrons. The van der Waals surface area contributed by atoms with Crippen LogP contribution >= 0.6 is 11.6 Å². The number of nitriles is 1. The van der Waals surface area contributed by atoms with Crippen LogP contribution in [0, 0.1) is 41.9 Å². The van der Waals surface area contributed by atoms with Crippen molar-refractivity contribution in [2.75, 3.05) is 11.4 Å². The number of carbonyl (C=O) groups excluding carboxylic acids is 3. The molecule has 10 heteroatoms. The molecule has 1 N–H and O–H groups in total. The van der Waals surface area contributed by atoms with Crippen molar-refractivity contribution in [2.24, 2.45) is 23.7 Å². The topological polar surface area (TPSA) is 108 Å². The predicted molar refractivity (Wildman–Crippen MR) is 127 cm³/mol. The molecule has 1 saturated carbocycles. The first-order chi connectivity index (χ1) is 16.6. The number of pyridine rings is 1. The van der Waals surface area contributed by atoms with E-state index in [9.17, 15) is 19.6 Å². The van der Waals surface area contributed by atoms with E-state index in [0.717, 1.165) is 24.2 Å². The summed E-state index contributed by atoms with van der Waals surface area (Å²) in [5, 5.41) is 9.30. The van der Waals surface area contributed by atoms with E-state index in [0.29, 0.717) is 41.2 Å². The summed E-state index contributed by atoms with van der Waals surface area (Å²) < 4.78 is 6.06. The minimum Gasteiger partial charge on any atom is -0.446 e. The van der Waals surface area contributed by atoms with Crippen LogP contribution in [0.3, 0.4) is 0 Å². The van der Waals surface area contributed by atoms with E-state index in [-0.39, 0.29) is 40.4 Å². The number of nitrogens with one attached hydrogen (secondary N) is 1. The molecule has 1 aliphatic carbocycles. The molecule has 3 saturated heterocycles. The molecule has 1 aromatic heterocycles. The van der Waals surface area contributed by atoms with Crippen molar-refractivity contribution in [3.05, 3.63) is 22.5 Å². The molecule has 7 atom stereocenters. The Kier molecular flexibility index (Phi) is 6.01. The first-order valence-electron chi connectivity index (χ1n) is 12.4. The number of rotatable bonds is 3. The standard InChI is InChI=1S/C25H30ClN5O4/c1-12(2)16-6-5-13(3)7-19(16)35-25(34)29-11-15-8-20(29)31-22(15)23(32)30(24(31)33)18-10-28-17(9-27)21(26)14(18)4/h10,12-13,15-16,19-20,22H,5-8,11H2,1-4H3/p+1/t13-,15-,16+,19-,20-,22+/m1/s1. The van der Waals surface area contributed by atoms with Gasteiger partial charge >= 0.3 is 12.1 Å². The lowest BCUT2D eigenvalue weighted by molar-refractivity contribution is -0.856. The fraction of sp³-hybridized carbons (Fsp3) is 0.640. The van der Waals surface area contributed by atoms with Crippen molar-refractivity contribution in [2.45, 2.75) is 71.7 Å². The third-order valence-corrected chi connectivity index (χ3v) is 8.93. The van der Waals surface area contributed by atoms with Crippen molar-refractivity contribution in [3.63, 3.8) is 0 Å². The summed E-state index contributed by atoms with van der Waals surface area (Å²) in [6.07, 6.45) is 4.05. The minimum absolute atomic E-state index is 0.0468. The van der Waals surface area contributed by atoms with Crippen LogP contribution in [0.4, 0.5) is 15.3 Å². The Balaban J connectivity index is 1.36. The summed E-state index contributed by atoms with van der Waals surface area (Å²) in [5.41, 5.74) is 0.788. The quantitative estimate of drug-likeness (QED) is 0.639. The molecule has 0 aromatic carbocycles. The van der Waals surface area contributed by atoms with E-state index in [1.165, 1.54) is 6.20 Å². The molecule has 0 spiro atoms. The molecule has 9 nitrogen and oxygen atoms in total. The van der Waals surface area contributed by atoms with Crippen LogP contribution < -0.4 is 9.80 Å². The van der Waals surface area contributed by atoms with E-state index >= 15 is 0 Å². The highest BCUT2D eigenvalue weighted by Gasteiger charge is 2.68. The van der Waals surface area contributed by atoms with Gasteiger partial charge in [-0.25, -0.2) is 19.5 Å². The Bertz CT molecular complexity index is 1130. The number of halogens is 1. The number of quaternary nitrogens is 1. The molecular weight excluding hydrogens is 470 g/mol. The maximum atomic E-state index is 13.5. The molecule has 4 amide bonds. The monoisotopic (exact) mass is 500 g/mol. The Morgan fingerprint density at radius 1 is 1.31 bits per heavy atom. The fourth-order valence-corrected chi connectivity index (χ4v) is 6.78. The summed E-state index contributed by atoms with van der Waals surface area (Å²) in [5.74, 6) is 0.842. The summed E-state index contributed by atoms with van der Waals surface area (Å²) in [6.45, 7) is 8.60. The number of ether oxygens (including phenoxy) is 1. The summed E-state index contributed by atoms with van der Waals surface area (Å²) in [4.78, 5) is 47.4. The average Bonchev–Trinajstić information content (AvgIpc) is 3.47. The van der Waals surface area contributed by atoms with Crippen LogP contribution in [0.25, 0.3) is 0 Å². The highest BCUT2D eigenvalue weighted by atomic mass is 35.5. The second-order valence-electron chi connectivity index (χ2n) is 10.9. The van der Waals surface area contributed by atoms with E-state index in [2.05, 4.69) is 25.8 Å². The number of urea groups is 1. The number of imide groups is 1. The fourth-order valence-electron chi connectivity index (χ4n) is 6.59. The van der Waals surface area contributed by atoms with E-state index in [1.807, 2.05) is 6.07 Å². The van der Waals surface area contributed by atoms with Crippen LogP contribution in [0.1, 0.15) is 57.7 Å². The predicted octanol–water partition coefficient (Wildman–Crippen LogP) is 2.89. The number of aromatic nitrogens is 1. The van der Waals surface area contributed by atoms with E-state index < -0.39 is 18.2 Å². The Hall–Kier alpha value is -2.70. The van der Waals surface area contributed by atoms with Crippen LogP contribution in [0.15, 0.2) is 6.20 Å². The van der Waals surface area contributed by atoms with Gasteiger partial charge in [0.2, 0.25) is 0 Å². The van der Waals surface area contributed by atoms with Gasteiger partial charge in [-0.05, 0) is 43.1 Å². The summed E-state index contributed by atoms with van der Waals surface area (Å²) in [6, 6.07) is 0.957. The summed E-state index contributed by atoms with van der Waals surface area (Å²) in [7, 11) is 0. The second kappa shape index (κ2) is 8.75. The Morgan fingerprint density at radius 3 is 2.74 bits per heavy atom. The SMILES string of the molecule is Cc1c(N2C(=O)[C@@H]3[C@@H]4C[C@H](N(C(=O)O[C@@H]5C[C@H](C)CC[C@H]5C(C)C)C4)[NH+]3C2=O)cnc(C#N)c1Cl. The van der Waals surface area contributed by atoms with Gasteiger partial charge in [-0.2, -0.15) is 10.2 Å². The number of hydrogen-bond acceptors (Lipinski definition) is 6. The largest absolute Gasteiger partial charge is 0.446 e. The normalized spacial score (nSPS) is 33.9. The van der Waals surface area contributed by atoms with Crippen LogP contribution in [0.5, 0.6) is 0 Å². The van der Waals surface area contributed by atoms with Crippen LogP contribution in [-0.2, 0) is 9.53 Å². The zero-order chi connectivity index (χ0) is 25.2. The lowest BCUT2D eigenvalue weighted by Crippen LogP contribution is -3.20. The minimum atomic E-state index is -0.538. The van der Waals surface area contributed by atoms with Crippen molar-refractivity contribution in [1.82, 2.24) is 9.88 Å². The first-order valence-corrected chi connectivity index (χ1v) is 12.8. The van der Waals surface area contributed by atoms with Crippen molar-refractivity contribution >= 4 is 35.3 Å². The molecular formula is C25H31ClN5O4+. The number of amides is 4. The third-order valence-electron chi connectivity index (χ3n) is 8.47. The highest BCUT2D eigenvalue weighted by molar-refractivity contribution is 6.33. The number of nitrogens with zero attached hydrogens (tertiary/aromatic N) is 4. The van der Waals surface area contributed by atoms with E-state index in [4.69, 9.17) is 16.3 Å². The zero-order valence-electron chi connectivity index (χ0n) is 20.5. The molecule has 2 bridgehead atoms. The molecule has 4 fully saturated rings. The van der Waals surface area contributed by atoms with Gasteiger partial charge < -0.3 is 4.74 Å². The van der Waals surface area contributed by atoms with Gasteiger partial charge in [0.1, 0.15) is 12.2 Å². The molecule has 3 aliphatic heterocycles. The maximum absolute atomic E-state index is 13.5. The van der Waals surface area contributed by atoms with Gasteiger partial charge in [0.25, 0.3) is 5.91 Å². The third kappa shape index (κ3) is 3.69. The zero-order valence-corrected chi connectivity index (χ0v) is 21.2. The van der Waals surface area contributed by atoms with Gasteiger partial charge in [0, 0.05) is 18.9 Å². The molecule has 1 aromatic rings. The van der Waals surface area contributed by atoms with Crippen LogP contribution in [-0.4, -0.2) is 52.8 Å². The number of fused-ring (bicyclic) bond motifs is 5. The molecule has 35 heavy (non-hydrogen) atoms. The van der Waals surface area contributed by atoms with Crippen molar-refractivity contribution < 1.29 is 24.0 Å². The lowest BCUT2D eigenvalue weighted by atomic mass is 9.75. The number of carbonyl (C=O) groups is 3. The molecule has 0 radical (unpaired) electrons.